The number of allylic oxidation sites excluding steroid dienone is 1. The molecule has 1 aliphatic carbocycles. The zero-order valence-electron chi connectivity index (χ0n) is 16.4. The fourth-order valence-electron chi connectivity index (χ4n) is 2.92. The van der Waals surface area contributed by atoms with Gasteiger partial charge in [-0.1, -0.05) is 11.6 Å². The van der Waals surface area contributed by atoms with Crippen LogP contribution in [0, 0.1) is 5.41 Å². The van der Waals surface area contributed by atoms with Crippen molar-refractivity contribution in [2.24, 2.45) is 5.41 Å². The van der Waals surface area contributed by atoms with E-state index in [1.807, 2.05) is 0 Å². The van der Waals surface area contributed by atoms with Crippen molar-refractivity contribution in [3.8, 4) is 0 Å². The van der Waals surface area contributed by atoms with Gasteiger partial charge in [-0.3, -0.25) is 14.4 Å². The van der Waals surface area contributed by atoms with Gasteiger partial charge >= 0.3 is 0 Å². The molecule has 0 saturated carbocycles. The molecule has 146 valence electrons. The van der Waals surface area contributed by atoms with E-state index in [1.54, 1.807) is 38.1 Å². The molecule has 0 unspecified atom stereocenters. The van der Waals surface area contributed by atoms with Crippen LogP contribution in [-0.2, 0) is 14.4 Å². The molecule has 0 bridgehead atoms. The van der Waals surface area contributed by atoms with Crippen LogP contribution in [0.25, 0.3) is 0 Å². The minimum atomic E-state index is -1.18. The first kappa shape index (κ1) is 20.7. The van der Waals surface area contributed by atoms with Gasteiger partial charge in [0.25, 0.3) is 0 Å². The molecule has 0 fully saturated rings. The lowest BCUT2D eigenvalue weighted by Gasteiger charge is -2.23. The van der Waals surface area contributed by atoms with E-state index >= 15 is 0 Å². The molecule has 0 radical (unpaired) electrons. The predicted octanol–water partition coefficient (Wildman–Crippen LogP) is 3.62. The molecule has 6 nitrogen and oxygen atoms in total. The topological polar surface area (TPSA) is 87.3 Å². The van der Waals surface area contributed by atoms with E-state index in [-0.39, 0.29) is 17.7 Å². The molecular formula is C21H29N3O3. The average Bonchev–Trinajstić information content (AvgIpc) is 2.63. The maximum absolute atomic E-state index is 12.6. The van der Waals surface area contributed by atoms with Crippen molar-refractivity contribution in [1.29, 1.82) is 0 Å². The molecule has 3 N–H and O–H groups in total. The number of hydrogen-bond donors (Lipinski definition) is 3. The molecule has 1 aromatic carbocycles. The highest BCUT2D eigenvalue weighted by molar-refractivity contribution is 6.09. The van der Waals surface area contributed by atoms with Crippen molar-refractivity contribution in [3.63, 3.8) is 0 Å². The number of rotatable bonds is 7. The Balaban J connectivity index is 1.86. The van der Waals surface area contributed by atoms with Gasteiger partial charge < -0.3 is 16.0 Å². The van der Waals surface area contributed by atoms with E-state index in [4.69, 9.17) is 0 Å². The van der Waals surface area contributed by atoms with Gasteiger partial charge in [0.2, 0.25) is 17.7 Å². The smallest absolute Gasteiger partial charge is 0.239 e. The third kappa shape index (κ3) is 6.24. The first-order chi connectivity index (χ1) is 12.8. The van der Waals surface area contributed by atoms with Gasteiger partial charge in [0.1, 0.15) is 5.41 Å². The fourth-order valence-corrected chi connectivity index (χ4v) is 2.92. The van der Waals surface area contributed by atoms with Gasteiger partial charge in [0.05, 0.1) is 0 Å². The van der Waals surface area contributed by atoms with Crippen LogP contribution >= 0.6 is 0 Å². The number of anilines is 2. The van der Waals surface area contributed by atoms with Gasteiger partial charge in [0, 0.05) is 24.8 Å². The van der Waals surface area contributed by atoms with Gasteiger partial charge in [-0.2, -0.15) is 0 Å². The molecule has 27 heavy (non-hydrogen) atoms. The first-order valence-electron chi connectivity index (χ1n) is 9.44. The van der Waals surface area contributed by atoms with E-state index < -0.39 is 5.41 Å². The zero-order chi connectivity index (χ0) is 19.9. The zero-order valence-corrected chi connectivity index (χ0v) is 16.4. The Kier molecular flexibility index (Phi) is 7.16. The molecule has 6 heteroatoms. The third-order valence-corrected chi connectivity index (χ3v) is 4.72. The van der Waals surface area contributed by atoms with Crippen LogP contribution < -0.4 is 16.0 Å². The second kappa shape index (κ2) is 9.35. The molecule has 0 heterocycles. The second-order valence-corrected chi connectivity index (χ2v) is 7.45. The summed E-state index contributed by atoms with van der Waals surface area (Å²) in [7, 11) is 0. The van der Waals surface area contributed by atoms with Crippen LogP contribution in [0.15, 0.2) is 35.9 Å². The molecule has 0 atom stereocenters. The fraction of sp³-hybridized carbons (Fsp3) is 0.476. The summed E-state index contributed by atoms with van der Waals surface area (Å²) in [6.45, 7) is 5.21. The largest absolute Gasteiger partial charge is 0.355 e. The molecular weight excluding hydrogens is 342 g/mol. The molecule has 1 aromatic rings. The van der Waals surface area contributed by atoms with Crippen molar-refractivity contribution in [2.45, 2.75) is 52.9 Å². The monoisotopic (exact) mass is 371 g/mol. The van der Waals surface area contributed by atoms with Crippen LogP contribution in [0.1, 0.15) is 52.9 Å². The SMILES string of the molecule is CC(=O)Nc1ccc(NC(=O)C(C)(C)C(=O)NCCC2=CCCCC2)cc1. The summed E-state index contributed by atoms with van der Waals surface area (Å²) in [5.41, 5.74) is 1.43. The number of hydrogen-bond acceptors (Lipinski definition) is 3. The summed E-state index contributed by atoms with van der Waals surface area (Å²) in [5, 5.41) is 8.30. The minimum absolute atomic E-state index is 0.159. The van der Waals surface area contributed by atoms with E-state index in [2.05, 4.69) is 22.0 Å². The first-order valence-corrected chi connectivity index (χ1v) is 9.44. The lowest BCUT2D eigenvalue weighted by atomic mass is 9.90. The van der Waals surface area contributed by atoms with E-state index in [0.717, 1.165) is 19.3 Å². The van der Waals surface area contributed by atoms with Crippen LogP contribution in [-0.4, -0.2) is 24.3 Å². The highest BCUT2D eigenvalue weighted by Crippen LogP contribution is 2.22. The summed E-state index contributed by atoms with van der Waals surface area (Å²) in [6, 6.07) is 6.77. The van der Waals surface area contributed by atoms with Crippen LogP contribution in [0.5, 0.6) is 0 Å². The lowest BCUT2D eigenvalue weighted by Crippen LogP contribution is -2.45. The number of amides is 3. The summed E-state index contributed by atoms with van der Waals surface area (Å²) < 4.78 is 0. The Bertz CT molecular complexity index is 721. The summed E-state index contributed by atoms with van der Waals surface area (Å²) in [4.78, 5) is 36.1. The van der Waals surface area contributed by atoms with Crippen molar-refractivity contribution >= 4 is 29.1 Å². The van der Waals surface area contributed by atoms with Crippen LogP contribution in [0.4, 0.5) is 11.4 Å². The van der Waals surface area contributed by atoms with E-state index in [9.17, 15) is 14.4 Å². The second-order valence-electron chi connectivity index (χ2n) is 7.45. The summed E-state index contributed by atoms with van der Waals surface area (Å²) in [6.07, 6.45) is 7.79. The molecule has 0 aromatic heterocycles. The number of carbonyl (C=O) groups excluding carboxylic acids is 3. The minimum Gasteiger partial charge on any atom is -0.355 e. The van der Waals surface area contributed by atoms with Crippen molar-refractivity contribution in [3.05, 3.63) is 35.9 Å². The lowest BCUT2D eigenvalue weighted by molar-refractivity contribution is -0.138. The van der Waals surface area contributed by atoms with Gasteiger partial charge in [-0.25, -0.2) is 0 Å². The highest BCUT2D eigenvalue weighted by Gasteiger charge is 2.35. The predicted molar refractivity (Wildman–Crippen MR) is 107 cm³/mol. The Morgan fingerprint density at radius 2 is 1.59 bits per heavy atom. The average molecular weight is 371 g/mol. The summed E-state index contributed by atoms with van der Waals surface area (Å²) in [5.74, 6) is -0.816. The van der Waals surface area contributed by atoms with E-state index in [1.165, 1.54) is 25.3 Å². The number of benzene rings is 1. The van der Waals surface area contributed by atoms with Gasteiger partial charge in [-0.15, -0.1) is 0 Å². The Hall–Kier alpha value is -2.63. The van der Waals surface area contributed by atoms with Crippen LogP contribution in [0.3, 0.4) is 0 Å². The number of nitrogens with one attached hydrogen (secondary N) is 3. The maximum Gasteiger partial charge on any atom is 0.239 e. The standard InChI is InChI=1S/C21H29N3O3/c1-15(25)23-17-9-11-18(12-10-17)24-20(27)21(2,3)19(26)22-14-13-16-7-5-4-6-8-16/h7,9-12H,4-6,8,13-14H2,1-3H3,(H,22,26)(H,23,25)(H,24,27). The van der Waals surface area contributed by atoms with Crippen molar-refractivity contribution < 1.29 is 14.4 Å². The Morgan fingerprint density at radius 1 is 0.963 bits per heavy atom. The highest BCUT2D eigenvalue weighted by atomic mass is 16.2. The molecule has 3 amide bonds. The maximum atomic E-state index is 12.6. The van der Waals surface area contributed by atoms with Crippen molar-refractivity contribution in [2.75, 3.05) is 17.2 Å². The summed E-state index contributed by atoms with van der Waals surface area (Å²) >= 11 is 0. The molecule has 2 rings (SSSR count). The molecule has 0 saturated heterocycles. The van der Waals surface area contributed by atoms with Crippen LogP contribution in [0.2, 0.25) is 0 Å². The van der Waals surface area contributed by atoms with E-state index in [0.29, 0.717) is 17.9 Å². The Labute approximate surface area is 160 Å². The number of carbonyl (C=O) groups is 3. The molecule has 0 aliphatic heterocycles. The molecule has 0 spiro atoms. The Morgan fingerprint density at radius 3 is 2.15 bits per heavy atom. The van der Waals surface area contributed by atoms with Gasteiger partial charge in [-0.05, 0) is 70.2 Å². The van der Waals surface area contributed by atoms with Crippen molar-refractivity contribution in [1.82, 2.24) is 5.32 Å². The quantitative estimate of drug-likeness (QED) is 0.505. The normalized spacial score (nSPS) is 14.1. The molecule has 1 aliphatic rings. The third-order valence-electron chi connectivity index (χ3n) is 4.72. The van der Waals surface area contributed by atoms with Gasteiger partial charge in [0.15, 0.2) is 0 Å².